The molecule has 7 heteroatoms. The summed E-state index contributed by atoms with van der Waals surface area (Å²) in [5.41, 5.74) is -0.199. The number of aromatic nitrogens is 5. The van der Waals surface area contributed by atoms with Crippen molar-refractivity contribution in [2.75, 3.05) is 0 Å². The standard InChI is InChI=1S/C9H13N5O2/c1-3-4-7-11-8(16-12-7)5-14-9(15)13(2)6-10-14/h6H,3-5H2,1-2H3. The molecule has 0 spiro atoms. The molecule has 7 nitrogen and oxygen atoms in total. The summed E-state index contributed by atoms with van der Waals surface area (Å²) in [6, 6.07) is 0. The van der Waals surface area contributed by atoms with Gasteiger partial charge in [-0.1, -0.05) is 12.1 Å². The van der Waals surface area contributed by atoms with Gasteiger partial charge in [-0.15, -0.1) is 0 Å². The maximum Gasteiger partial charge on any atom is 0.345 e. The molecule has 0 amide bonds. The van der Waals surface area contributed by atoms with Gasteiger partial charge in [0.25, 0.3) is 0 Å². The van der Waals surface area contributed by atoms with E-state index in [-0.39, 0.29) is 12.2 Å². The van der Waals surface area contributed by atoms with Crippen molar-refractivity contribution in [1.82, 2.24) is 24.5 Å². The Morgan fingerprint density at radius 1 is 1.50 bits per heavy atom. The molecule has 2 aromatic heterocycles. The van der Waals surface area contributed by atoms with Crippen LogP contribution in [-0.4, -0.2) is 24.5 Å². The van der Waals surface area contributed by atoms with Crippen LogP contribution in [0.2, 0.25) is 0 Å². The summed E-state index contributed by atoms with van der Waals surface area (Å²) in [5, 5.41) is 7.71. The summed E-state index contributed by atoms with van der Waals surface area (Å²) in [7, 11) is 1.64. The SMILES string of the molecule is CCCc1noc(Cn2ncn(C)c2=O)n1. The lowest BCUT2D eigenvalue weighted by atomic mass is 10.3. The van der Waals surface area contributed by atoms with Crippen LogP contribution in [0.3, 0.4) is 0 Å². The van der Waals surface area contributed by atoms with Gasteiger partial charge in [-0.3, -0.25) is 4.57 Å². The van der Waals surface area contributed by atoms with Crippen molar-refractivity contribution in [3.8, 4) is 0 Å². The van der Waals surface area contributed by atoms with Gasteiger partial charge < -0.3 is 4.52 Å². The van der Waals surface area contributed by atoms with Crippen LogP contribution in [0.4, 0.5) is 0 Å². The Bertz CT molecular complexity index is 524. The average molecular weight is 223 g/mol. The molecule has 0 atom stereocenters. The molecular formula is C9H13N5O2. The molecule has 0 aliphatic rings. The summed E-state index contributed by atoms with van der Waals surface area (Å²) < 4.78 is 7.69. The van der Waals surface area contributed by atoms with E-state index in [1.807, 2.05) is 6.92 Å². The number of nitrogens with zero attached hydrogens (tertiary/aromatic N) is 5. The second kappa shape index (κ2) is 4.30. The molecule has 0 saturated carbocycles. The third-order valence-corrected chi connectivity index (χ3v) is 2.16. The Hall–Kier alpha value is -1.92. The van der Waals surface area contributed by atoms with Gasteiger partial charge in [-0.2, -0.15) is 10.1 Å². The fourth-order valence-electron chi connectivity index (χ4n) is 1.34. The van der Waals surface area contributed by atoms with E-state index >= 15 is 0 Å². The van der Waals surface area contributed by atoms with Gasteiger partial charge in [0.1, 0.15) is 12.9 Å². The molecular weight excluding hydrogens is 210 g/mol. The predicted octanol–water partition coefficient (Wildman–Crippen LogP) is -0.0344. The van der Waals surface area contributed by atoms with Gasteiger partial charge in [0.15, 0.2) is 5.82 Å². The zero-order chi connectivity index (χ0) is 11.5. The fraction of sp³-hybridized carbons (Fsp3) is 0.556. The lowest BCUT2D eigenvalue weighted by molar-refractivity contribution is 0.359. The normalized spacial score (nSPS) is 10.9. The van der Waals surface area contributed by atoms with Gasteiger partial charge in [-0.05, 0) is 6.42 Å². The highest BCUT2D eigenvalue weighted by molar-refractivity contribution is 4.87. The maximum atomic E-state index is 11.5. The molecule has 0 aliphatic carbocycles. The van der Waals surface area contributed by atoms with Crippen LogP contribution >= 0.6 is 0 Å². The van der Waals surface area contributed by atoms with Crippen molar-refractivity contribution in [3.05, 3.63) is 28.5 Å². The molecule has 16 heavy (non-hydrogen) atoms. The summed E-state index contributed by atoms with van der Waals surface area (Å²) in [6.45, 7) is 2.26. The number of aryl methyl sites for hydroxylation is 2. The molecule has 0 aliphatic heterocycles. The van der Waals surface area contributed by atoms with Crippen LogP contribution in [0, 0.1) is 0 Å². The van der Waals surface area contributed by atoms with Crippen molar-refractivity contribution >= 4 is 0 Å². The number of hydrogen-bond acceptors (Lipinski definition) is 5. The molecule has 0 aromatic carbocycles. The quantitative estimate of drug-likeness (QED) is 0.727. The van der Waals surface area contributed by atoms with Gasteiger partial charge in [0.2, 0.25) is 5.89 Å². The average Bonchev–Trinajstić information content (AvgIpc) is 2.82. The smallest absolute Gasteiger partial charge is 0.337 e. The van der Waals surface area contributed by atoms with E-state index in [0.717, 1.165) is 12.8 Å². The van der Waals surface area contributed by atoms with E-state index in [1.165, 1.54) is 15.6 Å². The summed E-state index contributed by atoms with van der Waals surface area (Å²) in [6.07, 6.45) is 3.19. The van der Waals surface area contributed by atoms with E-state index in [9.17, 15) is 4.79 Å². The van der Waals surface area contributed by atoms with Gasteiger partial charge in [0.05, 0.1) is 0 Å². The van der Waals surface area contributed by atoms with Crippen molar-refractivity contribution < 1.29 is 4.52 Å². The highest BCUT2D eigenvalue weighted by atomic mass is 16.5. The minimum Gasteiger partial charge on any atom is -0.337 e. The Labute approximate surface area is 91.7 Å². The monoisotopic (exact) mass is 223 g/mol. The van der Waals surface area contributed by atoms with E-state index in [4.69, 9.17) is 4.52 Å². The zero-order valence-electron chi connectivity index (χ0n) is 9.25. The topological polar surface area (TPSA) is 78.7 Å². The second-order valence-electron chi connectivity index (χ2n) is 3.54. The first-order valence-corrected chi connectivity index (χ1v) is 5.10. The summed E-state index contributed by atoms with van der Waals surface area (Å²) >= 11 is 0. The van der Waals surface area contributed by atoms with E-state index in [1.54, 1.807) is 7.05 Å². The van der Waals surface area contributed by atoms with Crippen LogP contribution in [0.25, 0.3) is 0 Å². The molecule has 2 rings (SSSR count). The van der Waals surface area contributed by atoms with E-state index in [0.29, 0.717) is 11.7 Å². The molecule has 0 fully saturated rings. The van der Waals surface area contributed by atoms with Crippen LogP contribution in [0.5, 0.6) is 0 Å². The summed E-state index contributed by atoms with van der Waals surface area (Å²) in [4.78, 5) is 15.6. The first-order chi connectivity index (χ1) is 7.70. The maximum absolute atomic E-state index is 11.5. The minimum absolute atomic E-state index is 0.199. The van der Waals surface area contributed by atoms with Gasteiger partial charge in [-0.25, -0.2) is 9.48 Å². The first-order valence-electron chi connectivity index (χ1n) is 5.10. The van der Waals surface area contributed by atoms with Crippen molar-refractivity contribution in [3.63, 3.8) is 0 Å². The Balaban J connectivity index is 2.14. The molecule has 0 bridgehead atoms. The van der Waals surface area contributed by atoms with E-state index in [2.05, 4.69) is 15.2 Å². The van der Waals surface area contributed by atoms with Gasteiger partial charge in [0, 0.05) is 13.5 Å². The van der Waals surface area contributed by atoms with Crippen LogP contribution in [-0.2, 0) is 20.0 Å². The van der Waals surface area contributed by atoms with Crippen LogP contribution in [0.1, 0.15) is 25.1 Å². The largest absolute Gasteiger partial charge is 0.345 e. The van der Waals surface area contributed by atoms with Crippen molar-refractivity contribution in [2.24, 2.45) is 7.05 Å². The molecule has 2 heterocycles. The highest BCUT2D eigenvalue weighted by Crippen LogP contribution is 2.00. The van der Waals surface area contributed by atoms with E-state index < -0.39 is 0 Å². The predicted molar refractivity (Wildman–Crippen MR) is 54.9 cm³/mol. The Kier molecular flexibility index (Phi) is 2.84. The lowest BCUT2D eigenvalue weighted by Crippen LogP contribution is -2.23. The Morgan fingerprint density at radius 2 is 2.31 bits per heavy atom. The first kappa shape index (κ1) is 10.6. The lowest BCUT2D eigenvalue weighted by Gasteiger charge is -1.91. The van der Waals surface area contributed by atoms with Crippen LogP contribution in [0.15, 0.2) is 15.6 Å². The van der Waals surface area contributed by atoms with Crippen molar-refractivity contribution in [1.29, 1.82) is 0 Å². The number of hydrogen-bond donors (Lipinski definition) is 0. The Morgan fingerprint density at radius 3 is 2.94 bits per heavy atom. The van der Waals surface area contributed by atoms with Gasteiger partial charge >= 0.3 is 5.69 Å². The molecule has 0 saturated heterocycles. The zero-order valence-corrected chi connectivity index (χ0v) is 9.25. The molecule has 86 valence electrons. The summed E-state index contributed by atoms with van der Waals surface area (Å²) in [5.74, 6) is 1.07. The third-order valence-electron chi connectivity index (χ3n) is 2.16. The molecule has 0 radical (unpaired) electrons. The fourth-order valence-corrected chi connectivity index (χ4v) is 1.34. The highest BCUT2D eigenvalue weighted by Gasteiger charge is 2.09. The van der Waals surface area contributed by atoms with Crippen LogP contribution < -0.4 is 5.69 Å². The molecule has 2 aromatic rings. The van der Waals surface area contributed by atoms with Crippen molar-refractivity contribution in [2.45, 2.75) is 26.3 Å². The third kappa shape index (κ3) is 2.02. The molecule has 0 unspecified atom stereocenters. The minimum atomic E-state index is -0.199. The second-order valence-corrected chi connectivity index (χ2v) is 3.54. The number of rotatable bonds is 4. The molecule has 0 N–H and O–H groups in total.